The highest BCUT2D eigenvalue weighted by molar-refractivity contribution is 6.31. The molecule has 0 aliphatic carbocycles. The molecule has 0 aliphatic rings. The van der Waals surface area contributed by atoms with E-state index in [-0.39, 0.29) is 12.3 Å². The van der Waals surface area contributed by atoms with E-state index in [0.29, 0.717) is 6.42 Å². The summed E-state index contributed by atoms with van der Waals surface area (Å²) in [6, 6.07) is 4.01. The number of hydrogen-bond acceptors (Lipinski definition) is 1. The zero-order chi connectivity index (χ0) is 12.3. The fraction of sp³-hybridized carbons (Fsp3) is 0.462. The molecular formula is C13H17ClO2. The van der Waals surface area contributed by atoms with Crippen LogP contribution in [0.5, 0.6) is 0 Å². The molecule has 1 atom stereocenters. The smallest absolute Gasteiger partial charge is 0.303 e. The largest absolute Gasteiger partial charge is 0.481 e. The van der Waals surface area contributed by atoms with Gasteiger partial charge in [0.1, 0.15) is 0 Å². The van der Waals surface area contributed by atoms with Crippen LogP contribution < -0.4 is 0 Å². The van der Waals surface area contributed by atoms with E-state index in [9.17, 15) is 4.79 Å². The van der Waals surface area contributed by atoms with Gasteiger partial charge in [-0.1, -0.05) is 24.6 Å². The molecule has 0 saturated carbocycles. The second-order valence-corrected chi connectivity index (χ2v) is 4.70. The molecule has 0 bridgehead atoms. The minimum absolute atomic E-state index is 0.183. The van der Waals surface area contributed by atoms with Gasteiger partial charge in [-0.15, -0.1) is 0 Å². The van der Waals surface area contributed by atoms with Crippen molar-refractivity contribution in [2.24, 2.45) is 0 Å². The first-order valence-corrected chi connectivity index (χ1v) is 5.78. The normalized spacial score (nSPS) is 12.5. The van der Waals surface area contributed by atoms with Crippen molar-refractivity contribution < 1.29 is 9.90 Å². The monoisotopic (exact) mass is 240 g/mol. The number of carboxylic acid groups (broad SMARTS) is 1. The Morgan fingerprint density at radius 3 is 2.50 bits per heavy atom. The molecule has 0 saturated heterocycles. The van der Waals surface area contributed by atoms with E-state index in [0.717, 1.165) is 10.6 Å². The quantitative estimate of drug-likeness (QED) is 0.866. The third-order valence-electron chi connectivity index (χ3n) is 2.94. The predicted molar refractivity (Wildman–Crippen MR) is 66.2 cm³/mol. The average Bonchev–Trinajstić information content (AvgIpc) is 2.20. The second kappa shape index (κ2) is 5.35. The number of benzene rings is 1. The van der Waals surface area contributed by atoms with Gasteiger partial charge < -0.3 is 5.11 Å². The Hall–Kier alpha value is -1.02. The maximum absolute atomic E-state index is 10.5. The second-order valence-electron chi connectivity index (χ2n) is 4.29. The molecule has 3 heteroatoms. The third-order valence-corrected chi connectivity index (χ3v) is 3.26. The Morgan fingerprint density at radius 1 is 1.38 bits per heavy atom. The first-order chi connectivity index (χ1) is 7.41. The molecule has 0 aliphatic heterocycles. The molecule has 1 aromatic carbocycles. The van der Waals surface area contributed by atoms with Crippen LogP contribution >= 0.6 is 11.6 Å². The van der Waals surface area contributed by atoms with Crippen molar-refractivity contribution in [3.05, 3.63) is 33.8 Å². The van der Waals surface area contributed by atoms with Crippen LogP contribution in [-0.4, -0.2) is 11.1 Å². The minimum atomic E-state index is -0.758. The van der Waals surface area contributed by atoms with Crippen molar-refractivity contribution in [1.82, 2.24) is 0 Å². The summed E-state index contributed by atoms with van der Waals surface area (Å²) in [6.45, 7) is 6.07. The maximum Gasteiger partial charge on any atom is 0.303 e. The van der Waals surface area contributed by atoms with Crippen LogP contribution in [0.15, 0.2) is 12.1 Å². The van der Waals surface area contributed by atoms with Gasteiger partial charge in [0, 0.05) is 11.4 Å². The van der Waals surface area contributed by atoms with Crippen molar-refractivity contribution in [1.29, 1.82) is 0 Å². The van der Waals surface area contributed by atoms with Crippen LogP contribution in [0.3, 0.4) is 0 Å². The number of carbonyl (C=O) groups is 1. The number of carboxylic acids is 1. The molecule has 0 amide bonds. The molecule has 0 spiro atoms. The Kier molecular flexibility index (Phi) is 4.36. The third kappa shape index (κ3) is 3.24. The molecule has 1 N–H and O–H groups in total. The topological polar surface area (TPSA) is 37.3 Å². The van der Waals surface area contributed by atoms with Crippen LogP contribution in [0.2, 0.25) is 5.02 Å². The van der Waals surface area contributed by atoms with E-state index in [2.05, 4.69) is 6.07 Å². The van der Waals surface area contributed by atoms with Gasteiger partial charge in [0.05, 0.1) is 0 Å². The lowest BCUT2D eigenvalue weighted by molar-refractivity contribution is -0.137. The zero-order valence-electron chi connectivity index (χ0n) is 9.88. The first-order valence-electron chi connectivity index (χ1n) is 5.40. The molecule has 1 unspecified atom stereocenters. The summed E-state index contributed by atoms with van der Waals surface area (Å²) in [5.74, 6) is -0.574. The number of aryl methyl sites for hydroxylation is 2. The Morgan fingerprint density at radius 2 is 1.94 bits per heavy atom. The fourth-order valence-corrected chi connectivity index (χ4v) is 2.08. The highest BCUT2D eigenvalue weighted by atomic mass is 35.5. The summed E-state index contributed by atoms with van der Waals surface area (Å²) in [7, 11) is 0. The van der Waals surface area contributed by atoms with Crippen molar-refractivity contribution in [3.8, 4) is 0 Å². The number of aliphatic carboxylic acids is 1. The summed E-state index contributed by atoms with van der Waals surface area (Å²) in [5, 5.41) is 9.38. The maximum atomic E-state index is 10.5. The van der Waals surface area contributed by atoms with Crippen molar-refractivity contribution in [3.63, 3.8) is 0 Å². The summed E-state index contributed by atoms with van der Waals surface area (Å²) in [5.41, 5.74) is 3.41. The Labute approximate surface area is 101 Å². The lowest BCUT2D eigenvalue weighted by Crippen LogP contribution is -2.01. The van der Waals surface area contributed by atoms with E-state index in [1.165, 1.54) is 11.1 Å². The lowest BCUT2D eigenvalue weighted by atomic mass is 9.93. The molecule has 16 heavy (non-hydrogen) atoms. The van der Waals surface area contributed by atoms with Gasteiger partial charge >= 0.3 is 5.97 Å². The van der Waals surface area contributed by atoms with Crippen molar-refractivity contribution in [2.75, 3.05) is 0 Å². The van der Waals surface area contributed by atoms with Gasteiger partial charge in [-0.25, -0.2) is 0 Å². The average molecular weight is 241 g/mol. The van der Waals surface area contributed by atoms with E-state index in [1.54, 1.807) is 0 Å². The van der Waals surface area contributed by atoms with Gasteiger partial charge in [-0.05, 0) is 48.9 Å². The Balaban J connectivity index is 2.86. The van der Waals surface area contributed by atoms with Crippen LogP contribution in [0.1, 0.15) is 42.4 Å². The molecule has 2 nitrogen and oxygen atoms in total. The SMILES string of the molecule is Cc1cc(Cl)c(C(C)CCC(=O)O)cc1C. The molecule has 1 aromatic rings. The molecule has 0 heterocycles. The predicted octanol–water partition coefficient (Wildman–Crippen LogP) is 3.93. The highest BCUT2D eigenvalue weighted by Gasteiger charge is 2.12. The van der Waals surface area contributed by atoms with Crippen LogP contribution in [0.4, 0.5) is 0 Å². The van der Waals surface area contributed by atoms with Gasteiger partial charge in [-0.2, -0.15) is 0 Å². The number of rotatable bonds is 4. The Bertz CT molecular complexity index is 399. The van der Waals surface area contributed by atoms with Gasteiger partial charge in [0.25, 0.3) is 0 Å². The zero-order valence-corrected chi connectivity index (χ0v) is 10.6. The molecule has 0 radical (unpaired) electrons. The van der Waals surface area contributed by atoms with Crippen molar-refractivity contribution in [2.45, 2.75) is 39.5 Å². The van der Waals surface area contributed by atoms with E-state index in [1.807, 2.05) is 26.8 Å². The fourth-order valence-electron chi connectivity index (χ4n) is 1.68. The van der Waals surface area contributed by atoms with Crippen LogP contribution in [0, 0.1) is 13.8 Å². The standard InChI is InChI=1S/C13H17ClO2/c1-8(4-5-13(15)16)11-6-9(2)10(3)7-12(11)14/h6-8H,4-5H2,1-3H3,(H,15,16). The molecule has 0 fully saturated rings. The minimum Gasteiger partial charge on any atom is -0.481 e. The van der Waals surface area contributed by atoms with E-state index in [4.69, 9.17) is 16.7 Å². The van der Waals surface area contributed by atoms with E-state index >= 15 is 0 Å². The summed E-state index contributed by atoms with van der Waals surface area (Å²) in [6.07, 6.45) is 0.808. The highest BCUT2D eigenvalue weighted by Crippen LogP contribution is 2.30. The lowest BCUT2D eigenvalue weighted by Gasteiger charge is -2.14. The summed E-state index contributed by atoms with van der Waals surface area (Å²) >= 11 is 6.16. The molecule has 88 valence electrons. The molecule has 1 rings (SSSR count). The summed E-state index contributed by atoms with van der Waals surface area (Å²) in [4.78, 5) is 10.5. The number of hydrogen-bond donors (Lipinski definition) is 1. The molecule has 0 aromatic heterocycles. The van der Waals surface area contributed by atoms with Gasteiger partial charge in [0.2, 0.25) is 0 Å². The number of halogens is 1. The summed E-state index contributed by atoms with van der Waals surface area (Å²) < 4.78 is 0. The van der Waals surface area contributed by atoms with Crippen molar-refractivity contribution >= 4 is 17.6 Å². The van der Waals surface area contributed by atoms with Gasteiger partial charge in [-0.3, -0.25) is 4.79 Å². The first kappa shape index (κ1) is 13.0. The van der Waals surface area contributed by atoms with Gasteiger partial charge in [0.15, 0.2) is 0 Å². The van der Waals surface area contributed by atoms with E-state index < -0.39 is 5.97 Å². The van der Waals surface area contributed by atoms with Crippen LogP contribution in [0.25, 0.3) is 0 Å². The van der Waals surface area contributed by atoms with Crippen LogP contribution in [-0.2, 0) is 4.79 Å². The molecular weight excluding hydrogens is 224 g/mol.